The van der Waals surface area contributed by atoms with Gasteiger partial charge >= 0.3 is 0 Å². The second-order valence-corrected chi connectivity index (χ2v) is 9.23. The van der Waals surface area contributed by atoms with Crippen LogP contribution in [0.5, 0.6) is 0 Å². The number of rotatable bonds is 2. The van der Waals surface area contributed by atoms with Gasteiger partial charge in [0.2, 0.25) is 0 Å². The first-order valence-corrected chi connectivity index (χ1v) is 9.46. The quantitative estimate of drug-likeness (QED) is 0.701. The maximum atomic E-state index is 12.3. The molecular formula is C20H28O5. The van der Waals surface area contributed by atoms with E-state index >= 15 is 0 Å². The molecule has 5 heteroatoms. The fraction of sp³-hybridized carbons (Fsp3) is 0.800. The largest absolute Gasteiger partial charge is 0.393 e. The van der Waals surface area contributed by atoms with Crippen molar-refractivity contribution < 1.29 is 24.9 Å². The van der Waals surface area contributed by atoms with Crippen molar-refractivity contribution in [2.45, 2.75) is 64.1 Å². The highest BCUT2D eigenvalue weighted by Crippen LogP contribution is 2.67. The molecule has 7 atom stereocenters. The van der Waals surface area contributed by atoms with Crippen LogP contribution in [0.15, 0.2) is 11.6 Å². The van der Waals surface area contributed by atoms with Crippen LogP contribution in [-0.2, 0) is 9.59 Å². The predicted molar refractivity (Wildman–Crippen MR) is 90.5 cm³/mol. The van der Waals surface area contributed by atoms with E-state index in [0.29, 0.717) is 19.3 Å². The summed E-state index contributed by atoms with van der Waals surface area (Å²) in [5.41, 5.74) is -1.39. The average Bonchev–Trinajstić information content (AvgIpc) is 2.99. The molecule has 4 aliphatic carbocycles. The van der Waals surface area contributed by atoms with E-state index in [-0.39, 0.29) is 29.0 Å². The third-order valence-corrected chi connectivity index (χ3v) is 8.30. The number of fused-ring (bicyclic) bond motifs is 5. The van der Waals surface area contributed by atoms with E-state index in [2.05, 4.69) is 6.92 Å². The van der Waals surface area contributed by atoms with Crippen LogP contribution >= 0.6 is 0 Å². The van der Waals surface area contributed by atoms with Gasteiger partial charge < -0.3 is 15.3 Å². The van der Waals surface area contributed by atoms with Crippen molar-refractivity contribution in [1.82, 2.24) is 0 Å². The lowest BCUT2D eigenvalue weighted by atomic mass is 9.47. The summed E-state index contributed by atoms with van der Waals surface area (Å²) in [4.78, 5) is 24.4. The molecule has 25 heavy (non-hydrogen) atoms. The molecule has 3 N–H and O–H groups in total. The van der Waals surface area contributed by atoms with E-state index in [1.54, 1.807) is 6.08 Å². The number of carbonyl (C=O) groups is 2. The number of aliphatic hydroxyl groups is 3. The van der Waals surface area contributed by atoms with E-state index in [1.807, 2.05) is 6.92 Å². The molecular weight excluding hydrogens is 320 g/mol. The van der Waals surface area contributed by atoms with Crippen LogP contribution in [0.25, 0.3) is 0 Å². The van der Waals surface area contributed by atoms with Gasteiger partial charge in [0.25, 0.3) is 0 Å². The van der Waals surface area contributed by atoms with Crippen molar-refractivity contribution >= 4 is 11.6 Å². The van der Waals surface area contributed by atoms with Gasteiger partial charge in [-0.1, -0.05) is 19.4 Å². The number of aliphatic hydroxyl groups excluding tert-OH is 2. The Morgan fingerprint density at radius 1 is 1.32 bits per heavy atom. The standard InChI is InChI=1S/C20H28O5/c1-18-8-12(22)7-11(18)3-4-13-14-5-6-20(25,16(24)10-21)19(14,2)9-15(23)17(13)18/h7,13-15,17,21,23,25H,3-6,8-10H2,1-2H3. The lowest BCUT2D eigenvalue weighted by Gasteiger charge is -2.59. The smallest absolute Gasteiger partial charge is 0.190 e. The van der Waals surface area contributed by atoms with Crippen LogP contribution < -0.4 is 0 Å². The van der Waals surface area contributed by atoms with Gasteiger partial charge in [0.05, 0.1) is 6.10 Å². The highest BCUT2D eigenvalue weighted by Gasteiger charge is 2.68. The summed E-state index contributed by atoms with van der Waals surface area (Å²) in [5, 5.41) is 31.5. The number of ketones is 2. The Morgan fingerprint density at radius 3 is 2.72 bits per heavy atom. The minimum atomic E-state index is -1.55. The highest BCUT2D eigenvalue weighted by molar-refractivity contribution is 5.94. The van der Waals surface area contributed by atoms with Crippen molar-refractivity contribution in [2.24, 2.45) is 28.6 Å². The molecule has 0 heterocycles. The van der Waals surface area contributed by atoms with Gasteiger partial charge in [-0.3, -0.25) is 9.59 Å². The Balaban J connectivity index is 1.74. The molecule has 0 saturated heterocycles. The summed E-state index contributed by atoms with van der Waals surface area (Å²) in [7, 11) is 0. The Bertz CT molecular complexity index is 669. The molecule has 0 radical (unpaired) electrons. The SMILES string of the molecule is CC12CC(=O)C=C1CCC1C2C(O)CC2(C)C1CCC2(O)C(=O)CO. The molecule has 4 rings (SSSR count). The summed E-state index contributed by atoms with van der Waals surface area (Å²) in [6, 6.07) is 0. The minimum absolute atomic E-state index is 0.00334. The fourth-order valence-corrected chi connectivity index (χ4v) is 7.14. The van der Waals surface area contributed by atoms with Crippen molar-refractivity contribution in [3.63, 3.8) is 0 Å². The minimum Gasteiger partial charge on any atom is -0.393 e. The molecule has 4 aliphatic rings. The predicted octanol–water partition coefficient (Wildman–Crippen LogP) is 1.39. The van der Waals surface area contributed by atoms with Crippen LogP contribution in [0.4, 0.5) is 0 Å². The molecule has 0 amide bonds. The zero-order valence-corrected chi connectivity index (χ0v) is 15.0. The Hall–Kier alpha value is -1.04. The lowest BCUT2D eigenvalue weighted by molar-refractivity contribution is -0.181. The molecule has 0 aromatic heterocycles. The average molecular weight is 348 g/mol. The molecule has 0 bridgehead atoms. The van der Waals surface area contributed by atoms with Gasteiger partial charge in [0.15, 0.2) is 11.6 Å². The molecule has 7 unspecified atom stereocenters. The van der Waals surface area contributed by atoms with Crippen molar-refractivity contribution in [3.8, 4) is 0 Å². The highest BCUT2D eigenvalue weighted by atomic mass is 16.3. The molecule has 3 fully saturated rings. The van der Waals surface area contributed by atoms with Crippen LogP contribution in [-0.4, -0.2) is 45.2 Å². The van der Waals surface area contributed by atoms with Gasteiger partial charge in [-0.2, -0.15) is 0 Å². The molecule has 0 aliphatic heterocycles. The monoisotopic (exact) mass is 348 g/mol. The third-order valence-electron chi connectivity index (χ3n) is 8.30. The molecule has 0 spiro atoms. The zero-order valence-electron chi connectivity index (χ0n) is 15.0. The van der Waals surface area contributed by atoms with Crippen molar-refractivity contribution in [1.29, 1.82) is 0 Å². The van der Waals surface area contributed by atoms with Gasteiger partial charge in [-0.15, -0.1) is 0 Å². The van der Waals surface area contributed by atoms with E-state index in [4.69, 9.17) is 0 Å². The maximum Gasteiger partial charge on any atom is 0.190 e. The summed E-state index contributed by atoms with van der Waals surface area (Å²) in [6.07, 6.45) is 4.76. The Kier molecular flexibility index (Phi) is 3.64. The number of Topliss-reactive ketones (excluding diaryl/α,β-unsaturated/α-hetero) is 1. The first kappa shape index (κ1) is 17.4. The van der Waals surface area contributed by atoms with Gasteiger partial charge in [0, 0.05) is 17.3 Å². The number of hydrogen-bond donors (Lipinski definition) is 3. The van der Waals surface area contributed by atoms with E-state index in [1.165, 1.54) is 5.57 Å². The first-order chi connectivity index (χ1) is 11.7. The van der Waals surface area contributed by atoms with E-state index < -0.39 is 29.5 Å². The van der Waals surface area contributed by atoms with Gasteiger partial charge in [-0.05, 0) is 55.9 Å². The first-order valence-electron chi connectivity index (χ1n) is 9.46. The topological polar surface area (TPSA) is 94.8 Å². The second-order valence-electron chi connectivity index (χ2n) is 9.23. The van der Waals surface area contributed by atoms with Crippen LogP contribution in [0.3, 0.4) is 0 Å². The van der Waals surface area contributed by atoms with Gasteiger partial charge in [0.1, 0.15) is 12.2 Å². The van der Waals surface area contributed by atoms with Gasteiger partial charge in [-0.25, -0.2) is 0 Å². The lowest BCUT2D eigenvalue weighted by Crippen LogP contribution is -2.61. The number of hydrogen-bond acceptors (Lipinski definition) is 5. The van der Waals surface area contributed by atoms with Crippen LogP contribution in [0.1, 0.15) is 52.4 Å². The molecule has 5 nitrogen and oxygen atoms in total. The Labute approximate surface area is 148 Å². The Morgan fingerprint density at radius 2 is 2.04 bits per heavy atom. The van der Waals surface area contributed by atoms with Crippen LogP contribution in [0.2, 0.25) is 0 Å². The zero-order chi connectivity index (χ0) is 18.2. The maximum absolute atomic E-state index is 12.3. The second kappa shape index (κ2) is 5.24. The summed E-state index contributed by atoms with van der Waals surface area (Å²) < 4.78 is 0. The molecule has 0 aromatic carbocycles. The third kappa shape index (κ3) is 2.00. The normalized spacial score (nSPS) is 51.6. The molecule has 3 saturated carbocycles. The summed E-state index contributed by atoms with van der Waals surface area (Å²) in [5.74, 6) is -0.0414. The van der Waals surface area contributed by atoms with Crippen molar-refractivity contribution in [2.75, 3.05) is 6.61 Å². The number of allylic oxidation sites excluding steroid dienone is 2. The van der Waals surface area contributed by atoms with E-state index in [0.717, 1.165) is 19.3 Å². The summed E-state index contributed by atoms with van der Waals surface area (Å²) >= 11 is 0. The van der Waals surface area contributed by atoms with Crippen molar-refractivity contribution in [3.05, 3.63) is 11.6 Å². The number of carbonyl (C=O) groups excluding carboxylic acids is 2. The molecule has 0 aromatic rings. The fourth-order valence-electron chi connectivity index (χ4n) is 7.14. The van der Waals surface area contributed by atoms with Crippen LogP contribution in [0, 0.1) is 28.6 Å². The molecule has 138 valence electrons. The van der Waals surface area contributed by atoms with E-state index in [9.17, 15) is 24.9 Å². The summed E-state index contributed by atoms with van der Waals surface area (Å²) in [6.45, 7) is 3.35.